The van der Waals surface area contributed by atoms with E-state index in [1.807, 2.05) is 24.3 Å². The zero-order valence-electron chi connectivity index (χ0n) is 13.7. The van der Waals surface area contributed by atoms with Gasteiger partial charge in [0.05, 0.1) is 0 Å². The maximum Gasteiger partial charge on any atom is 0.409 e. The number of hydrazine groups is 1. The monoisotopic (exact) mass is 336 g/mol. The molecule has 6 heteroatoms. The first-order valence-electron chi connectivity index (χ1n) is 7.75. The van der Waals surface area contributed by atoms with Crippen LogP contribution in [0.2, 0.25) is 0 Å². The van der Waals surface area contributed by atoms with Gasteiger partial charge in [0.2, 0.25) is 5.91 Å². The summed E-state index contributed by atoms with van der Waals surface area (Å²) in [4.78, 5) is 11.7. The second kappa shape index (κ2) is 5.48. The molecule has 0 saturated carbocycles. The maximum atomic E-state index is 13.9. The predicted molar refractivity (Wildman–Crippen MR) is 86.2 cm³/mol. The molecular weight excluding hydrogens is 317 g/mol. The van der Waals surface area contributed by atoms with Gasteiger partial charge in [0.15, 0.2) is 6.04 Å². The van der Waals surface area contributed by atoms with E-state index in [-0.39, 0.29) is 12.0 Å². The minimum absolute atomic E-state index is 0.0339. The summed E-state index contributed by atoms with van der Waals surface area (Å²) in [6, 6.07) is 8.67. The topological polar surface area (TPSA) is 32.3 Å². The smallest absolute Gasteiger partial charge is 0.287 e. The summed E-state index contributed by atoms with van der Waals surface area (Å²) >= 11 is 0. The number of carbonyl (C=O) groups excluding carboxylic acids is 1. The van der Waals surface area contributed by atoms with Gasteiger partial charge in [-0.2, -0.15) is 18.2 Å². The van der Waals surface area contributed by atoms with Crippen LogP contribution in [0.5, 0.6) is 0 Å². The quantitative estimate of drug-likeness (QED) is 0.888. The normalized spacial score (nSPS) is 19.5. The minimum atomic E-state index is -4.51. The lowest BCUT2D eigenvalue weighted by molar-refractivity contribution is -0.204. The molecule has 24 heavy (non-hydrogen) atoms. The Bertz CT molecular complexity index is 798. The van der Waals surface area contributed by atoms with E-state index in [4.69, 9.17) is 0 Å². The molecule has 3 rings (SSSR count). The standard InChI is InChI=1S/C18H19F3N2O/c1-11-13-7-5-4-6-12(13)8-9-14(11)16(18(19,20)21)23-17(2,3)10-15(24)22-23/h4-9,16H,10H2,1-3H3,(H,22,24)/t16-/m0/s1. The second-order valence-electron chi connectivity index (χ2n) is 6.84. The Morgan fingerprint density at radius 1 is 1.17 bits per heavy atom. The van der Waals surface area contributed by atoms with Crippen molar-refractivity contribution in [2.45, 2.75) is 44.9 Å². The summed E-state index contributed by atoms with van der Waals surface area (Å²) in [6.45, 7) is 4.97. The van der Waals surface area contributed by atoms with E-state index in [0.29, 0.717) is 5.56 Å². The lowest BCUT2D eigenvalue weighted by atomic mass is 9.92. The minimum Gasteiger partial charge on any atom is -0.287 e. The third-order valence-corrected chi connectivity index (χ3v) is 4.59. The van der Waals surface area contributed by atoms with Gasteiger partial charge in [-0.15, -0.1) is 0 Å². The molecule has 1 N–H and O–H groups in total. The Morgan fingerprint density at radius 3 is 2.42 bits per heavy atom. The SMILES string of the molecule is Cc1c([C@H](N2NC(=O)CC2(C)C)C(F)(F)F)ccc2ccccc12. The third kappa shape index (κ3) is 2.75. The molecule has 0 aromatic heterocycles. The fourth-order valence-corrected chi connectivity index (χ4v) is 3.42. The van der Waals surface area contributed by atoms with Crippen molar-refractivity contribution in [3.8, 4) is 0 Å². The number of halogens is 3. The van der Waals surface area contributed by atoms with Crippen molar-refractivity contribution < 1.29 is 18.0 Å². The number of alkyl halides is 3. The number of hydrogen-bond donors (Lipinski definition) is 1. The first-order chi connectivity index (χ1) is 11.1. The van der Waals surface area contributed by atoms with Crippen molar-refractivity contribution in [1.29, 1.82) is 0 Å². The highest BCUT2D eigenvalue weighted by Crippen LogP contribution is 2.44. The van der Waals surface area contributed by atoms with Crippen LogP contribution < -0.4 is 5.43 Å². The molecule has 0 unspecified atom stereocenters. The molecule has 1 amide bonds. The molecular formula is C18H19F3N2O. The number of hydrogen-bond acceptors (Lipinski definition) is 2. The van der Waals surface area contributed by atoms with E-state index < -0.39 is 23.7 Å². The van der Waals surface area contributed by atoms with Crippen molar-refractivity contribution in [3.05, 3.63) is 47.5 Å². The zero-order valence-corrected chi connectivity index (χ0v) is 13.7. The second-order valence-corrected chi connectivity index (χ2v) is 6.84. The molecule has 128 valence electrons. The van der Waals surface area contributed by atoms with Gasteiger partial charge in [0, 0.05) is 12.0 Å². The summed E-state index contributed by atoms with van der Waals surface area (Å²) in [5, 5.41) is 2.73. The molecule has 1 aliphatic rings. The van der Waals surface area contributed by atoms with Gasteiger partial charge in [0.1, 0.15) is 0 Å². The van der Waals surface area contributed by atoms with Crippen LogP contribution in [0.25, 0.3) is 10.8 Å². The van der Waals surface area contributed by atoms with Crippen molar-refractivity contribution in [1.82, 2.24) is 10.4 Å². The molecule has 0 spiro atoms. The molecule has 0 radical (unpaired) electrons. The van der Waals surface area contributed by atoms with Crippen LogP contribution in [0, 0.1) is 6.92 Å². The molecule has 1 fully saturated rings. The lowest BCUT2D eigenvalue weighted by Gasteiger charge is -2.38. The number of carbonyl (C=O) groups is 1. The largest absolute Gasteiger partial charge is 0.409 e. The first kappa shape index (κ1) is 16.8. The Hall–Kier alpha value is -2.08. The first-order valence-corrected chi connectivity index (χ1v) is 7.75. The molecule has 0 bridgehead atoms. The summed E-state index contributed by atoms with van der Waals surface area (Å²) in [5.74, 6) is -0.396. The molecule has 1 heterocycles. The highest BCUT2D eigenvalue weighted by Gasteiger charge is 2.53. The zero-order chi connectivity index (χ0) is 17.7. The van der Waals surface area contributed by atoms with Gasteiger partial charge in [-0.3, -0.25) is 10.2 Å². The van der Waals surface area contributed by atoms with Crippen molar-refractivity contribution in [3.63, 3.8) is 0 Å². The summed E-state index contributed by atoms with van der Waals surface area (Å²) < 4.78 is 41.7. The van der Waals surface area contributed by atoms with Crippen LogP contribution in [0.3, 0.4) is 0 Å². The number of fused-ring (bicyclic) bond motifs is 1. The van der Waals surface area contributed by atoms with E-state index in [9.17, 15) is 18.0 Å². The summed E-state index contributed by atoms with van der Waals surface area (Å²) in [7, 11) is 0. The summed E-state index contributed by atoms with van der Waals surface area (Å²) in [6.07, 6.45) is -4.48. The third-order valence-electron chi connectivity index (χ3n) is 4.59. The molecule has 1 atom stereocenters. The molecule has 1 saturated heterocycles. The van der Waals surface area contributed by atoms with Crippen LogP contribution in [-0.4, -0.2) is 22.6 Å². The molecule has 2 aromatic carbocycles. The van der Waals surface area contributed by atoms with Gasteiger partial charge in [-0.05, 0) is 42.7 Å². The number of aryl methyl sites for hydroxylation is 1. The van der Waals surface area contributed by atoms with E-state index in [0.717, 1.165) is 15.8 Å². The number of nitrogens with one attached hydrogen (secondary N) is 1. The highest BCUT2D eigenvalue weighted by atomic mass is 19.4. The van der Waals surface area contributed by atoms with Gasteiger partial charge >= 0.3 is 6.18 Å². The number of nitrogens with zero attached hydrogens (tertiary/aromatic N) is 1. The average Bonchev–Trinajstić information content (AvgIpc) is 2.73. The van der Waals surface area contributed by atoms with Crippen LogP contribution in [0.4, 0.5) is 13.2 Å². The Balaban J connectivity index is 2.18. The van der Waals surface area contributed by atoms with Crippen LogP contribution in [0.15, 0.2) is 36.4 Å². The predicted octanol–water partition coefficient (Wildman–Crippen LogP) is 4.27. The van der Waals surface area contributed by atoms with E-state index in [2.05, 4.69) is 5.43 Å². The Morgan fingerprint density at radius 2 is 1.83 bits per heavy atom. The summed E-state index contributed by atoms with van der Waals surface area (Å²) in [5.41, 5.74) is 2.22. The maximum absolute atomic E-state index is 13.9. The van der Waals surface area contributed by atoms with Crippen molar-refractivity contribution >= 4 is 16.7 Å². The van der Waals surface area contributed by atoms with Crippen molar-refractivity contribution in [2.24, 2.45) is 0 Å². The van der Waals surface area contributed by atoms with Gasteiger partial charge in [0.25, 0.3) is 0 Å². The molecule has 2 aromatic rings. The van der Waals surface area contributed by atoms with Gasteiger partial charge in [-0.25, -0.2) is 0 Å². The van der Waals surface area contributed by atoms with E-state index in [1.54, 1.807) is 26.8 Å². The fourth-order valence-electron chi connectivity index (χ4n) is 3.42. The molecule has 1 aliphatic heterocycles. The van der Waals surface area contributed by atoms with Gasteiger partial charge < -0.3 is 0 Å². The number of benzene rings is 2. The van der Waals surface area contributed by atoms with Crippen LogP contribution in [0.1, 0.15) is 37.4 Å². The Labute approximate surface area is 138 Å². The van der Waals surface area contributed by atoms with Gasteiger partial charge in [-0.1, -0.05) is 36.4 Å². The molecule has 0 aliphatic carbocycles. The Kier molecular flexibility index (Phi) is 3.83. The van der Waals surface area contributed by atoms with Crippen LogP contribution >= 0.6 is 0 Å². The number of amides is 1. The highest BCUT2D eigenvalue weighted by molar-refractivity contribution is 5.86. The molecule has 3 nitrogen and oxygen atoms in total. The lowest BCUT2D eigenvalue weighted by Crippen LogP contribution is -2.51. The van der Waals surface area contributed by atoms with Crippen molar-refractivity contribution in [2.75, 3.05) is 0 Å². The van der Waals surface area contributed by atoms with E-state index >= 15 is 0 Å². The number of rotatable bonds is 2. The fraction of sp³-hybridized carbons (Fsp3) is 0.389. The average molecular weight is 336 g/mol. The van der Waals surface area contributed by atoms with Crippen LogP contribution in [-0.2, 0) is 4.79 Å². The van der Waals surface area contributed by atoms with E-state index in [1.165, 1.54) is 6.07 Å².